The molecule has 22 heavy (non-hydrogen) atoms. The molecular formula is C15H22N4O3. The van der Waals surface area contributed by atoms with Gasteiger partial charge < -0.3 is 9.32 Å². The third-order valence-corrected chi connectivity index (χ3v) is 3.38. The summed E-state index contributed by atoms with van der Waals surface area (Å²) in [5.74, 6) is 1.06. The average Bonchev–Trinajstić information content (AvgIpc) is 3.00. The van der Waals surface area contributed by atoms with Gasteiger partial charge in [-0.05, 0) is 39.8 Å². The van der Waals surface area contributed by atoms with E-state index in [0.717, 1.165) is 0 Å². The molecule has 0 bridgehead atoms. The predicted molar refractivity (Wildman–Crippen MR) is 81.4 cm³/mol. The summed E-state index contributed by atoms with van der Waals surface area (Å²) in [6.45, 7) is 7.76. The molecule has 120 valence electrons. The van der Waals surface area contributed by atoms with Gasteiger partial charge in [0.25, 0.3) is 0 Å². The van der Waals surface area contributed by atoms with Gasteiger partial charge in [0.1, 0.15) is 18.1 Å². The Balaban J connectivity index is 2.15. The number of nitrogens with zero attached hydrogens (tertiary/aromatic N) is 4. The molecular weight excluding hydrogens is 284 g/mol. The fraction of sp³-hybridized carbons (Fsp3) is 0.533. The number of hydrogen-bond acceptors (Lipinski definition) is 4. The van der Waals surface area contributed by atoms with Crippen LogP contribution in [-0.2, 0) is 23.4 Å². The van der Waals surface area contributed by atoms with Crippen molar-refractivity contribution in [3.63, 3.8) is 0 Å². The highest BCUT2D eigenvalue weighted by atomic mass is 16.3. The van der Waals surface area contributed by atoms with Crippen LogP contribution >= 0.6 is 0 Å². The van der Waals surface area contributed by atoms with E-state index < -0.39 is 5.54 Å². The maximum Gasteiger partial charge on any atom is 0.346 e. The van der Waals surface area contributed by atoms with Crippen LogP contribution in [0.25, 0.3) is 0 Å². The largest absolute Gasteiger partial charge is 0.467 e. The normalized spacial score (nSPS) is 11.7. The molecule has 0 fully saturated rings. The van der Waals surface area contributed by atoms with Crippen LogP contribution in [0.4, 0.5) is 0 Å². The number of likely N-dealkylation sites (N-methyl/N-ethyl adjacent to an activating group) is 1. The van der Waals surface area contributed by atoms with Crippen molar-refractivity contribution in [2.45, 2.75) is 46.3 Å². The van der Waals surface area contributed by atoms with Crippen LogP contribution in [0.3, 0.4) is 0 Å². The fourth-order valence-corrected chi connectivity index (χ4v) is 2.09. The van der Waals surface area contributed by atoms with Gasteiger partial charge >= 0.3 is 5.69 Å². The van der Waals surface area contributed by atoms with Crippen molar-refractivity contribution in [2.24, 2.45) is 0 Å². The molecule has 0 atom stereocenters. The minimum atomic E-state index is -0.420. The summed E-state index contributed by atoms with van der Waals surface area (Å²) in [5, 5.41) is 4.25. The number of carbonyl (C=O) groups excluding carboxylic acids is 1. The summed E-state index contributed by atoms with van der Waals surface area (Å²) < 4.78 is 8.02. The molecule has 0 unspecified atom stereocenters. The zero-order chi connectivity index (χ0) is 16.5. The third-order valence-electron chi connectivity index (χ3n) is 3.38. The second-order valence-corrected chi connectivity index (χ2v) is 6.33. The van der Waals surface area contributed by atoms with E-state index >= 15 is 0 Å². The molecule has 0 N–H and O–H groups in total. The van der Waals surface area contributed by atoms with Gasteiger partial charge in [-0.2, -0.15) is 5.10 Å². The number of aromatic nitrogens is 3. The lowest BCUT2D eigenvalue weighted by atomic mass is 10.1. The predicted octanol–water partition coefficient (Wildman–Crippen LogP) is 1.36. The van der Waals surface area contributed by atoms with E-state index in [1.165, 1.54) is 14.1 Å². The highest BCUT2D eigenvalue weighted by Gasteiger charge is 2.22. The first-order valence-corrected chi connectivity index (χ1v) is 7.13. The summed E-state index contributed by atoms with van der Waals surface area (Å²) >= 11 is 0. The number of hydrogen-bond donors (Lipinski definition) is 0. The van der Waals surface area contributed by atoms with Crippen LogP contribution < -0.4 is 5.69 Å². The minimum absolute atomic E-state index is 0.0298. The molecule has 7 heteroatoms. The maximum absolute atomic E-state index is 12.4. The van der Waals surface area contributed by atoms with Crippen molar-refractivity contribution in [1.82, 2.24) is 19.2 Å². The molecule has 2 aromatic rings. The fourth-order valence-electron chi connectivity index (χ4n) is 2.09. The van der Waals surface area contributed by atoms with Crippen molar-refractivity contribution >= 4 is 5.91 Å². The SMILES string of the molecule is Cc1nn(C(C)(C)C)c(=O)n1CC(=O)N(C)Cc1ccco1. The molecule has 0 saturated carbocycles. The molecule has 7 nitrogen and oxygen atoms in total. The van der Waals surface area contributed by atoms with E-state index in [9.17, 15) is 9.59 Å². The molecule has 2 heterocycles. The lowest BCUT2D eigenvalue weighted by molar-refractivity contribution is -0.131. The van der Waals surface area contributed by atoms with Crippen molar-refractivity contribution in [3.8, 4) is 0 Å². The first kappa shape index (κ1) is 16.1. The van der Waals surface area contributed by atoms with Crippen molar-refractivity contribution in [3.05, 3.63) is 40.5 Å². The monoisotopic (exact) mass is 306 g/mol. The molecule has 1 amide bonds. The Labute approximate surface area is 129 Å². The zero-order valence-corrected chi connectivity index (χ0v) is 13.7. The molecule has 0 spiro atoms. The maximum atomic E-state index is 12.4. The molecule has 0 aliphatic carbocycles. The summed E-state index contributed by atoms with van der Waals surface area (Å²) in [4.78, 5) is 26.2. The molecule has 2 aromatic heterocycles. The Morgan fingerprint density at radius 2 is 2.09 bits per heavy atom. The summed E-state index contributed by atoms with van der Waals surface area (Å²) in [6, 6.07) is 3.58. The number of aryl methyl sites for hydroxylation is 1. The zero-order valence-electron chi connectivity index (χ0n) is 13.7. The summed E-state index contributed by atoms with van der Waals surface area (Å²) in [5.41, 5.74) is -0.694. The molecule has 0 radical (unpaired) electrons. The topological polar surface area (TPSA) is 73.3 Å². The summed E-state index contributed by atoms with van der Waals surface area (Å²) in [7, 11) is 1.68. The lowest BCUT2D eigenvalue weighted by Crippen LogP contribution is -2.38. The highest BCUT2D eigenvalue weighted by molar-refractivity contribution is 5.75. The van der Waals surface area contributed by atoms with Gasteiger partial charge in [-0.3, -0.25) is 9.36 Å². The molecule has 0 aliphatic heterocycles. The van der Waals surface area contributed by atoms with Gasteiger partial charge in [0, 0.05) is 7.05 Å². The van der Waals surface area contributed by atoms with Crippen LogP contribution in [0, 0.1) is 6.92 Å². The quantitative estimate of drug-likeness (QED) is 0.855. The van der Waals surface area contributed by atoms with E-state index in [0.29, 0.717) is 18.1 Å². The Morgan fingerprint density at radius 1 is 1.41 bits per heavy atom. The number of rotatable bonds is 4. The molecule has 0 aromatic carbocycles. The van der Waals surface area contributed by atoms with Gasteiger partial charge in [0.2, 0.25) is 5.91 Å². The summed E-state index contributed by atoms with van der Waals surface area (Å²) in [6.07, 6.45) is 1.57. The Bertz CT molecular complexity index is 704. The minimum Gasteiger partial charge on any atom is -0.467 e. The second kappa shape index (κ2) is 5.82. The Hall–Kier alpha value is -2.31. The Kier molecular flexibility index (Phi) is 4.25. The first-order valence-electron chi connectivity index (χ1n) is 7.13. The van der Waals surface area contributed by atoms with Crippen LogP contribution in [-0.4, -0.2) is 32.2 Å². The Morgan fingerprint density at radius 3 is 2.59 bits per heavy atom. The van der Waals surface area contributed by atoms with Gasteiger partial charge in [-0.1, -0.05) is 0 Å². The van der Waals surface area contributed by atoms with E-state index in [2.05, 4.69) is 5.10 Å². The smallest absolute Gasteiger partial charge is 0.346 e. The van der Waals surface area contributed by atoms with E-state index in [4.69, 9.17) is 4.42 Å². The van der Waals surface area contributed by atoms with Crippen LogP contribution in [0.15, 0.2) is 27.6 Å². The van der Waals surface area contributed by atoms with Gasteiger partial charge in [-0.25, -0.2) is 9.48 Å². The molecule has 0 aliphatic rings. The third kappa shape index (κ3) is 3.29. The average molecular weight is 306 g/mol. The second-order valence-electron chi connectivity index (χ2n) is 6.33. The number of carbonyl (C=O) groups is 1. The number of amides is 1. The van der Waals surface area contributed by atoms with Gasteiger partial charge in [0.05, 0.1) is 18.3 Å². The van der Waals surface area contributed by atoms with Crippen molar-refractivity contribution in [2.75, 3.05) is 7.05 Å². The van der Waals surface area contributed by atoms with E-state index in [-0.39, 0.29) is 18.1 Å². The highest BCUT2D eigenvalue weighted by Crippen LogP contribution is 2.10. The van der Waals surface area contributed by atoms with Gasteiger partial charge in [-0.15, -0.1) is 0 Å². The van der Waals surface area contributed by atoms with Crippen LogP contribution in [0.2, 0.25) is 0 Å². The van der Waals surface area contributed by atoms with E-state index in [1.54, 1.807) is 32.4 Å². The number of furan rings is 1. The lowest BCUT2D eigenvalue weighted by Gasteiger charge is -2.17. The van der Waals surface area contributed by atoms with Crippen LogP contribution in [0.5, 0.6) is 0 Å². The standard InChI is InChI=1S/C15H22N4O3/c1-11-16-19(15(2,3)4)14(21)18(11)10-13(20)17(5)9-12-7-6-8-22-12/h6-8H,9-10H2,1-5H3. The van der Waals surface area contributed by atoms with Crippen molar-refractivity contribution in [1.29, 1.82) is 0 Å². The van der Waals surface area contributed by atoms with Crippen molar-refractivity contribution < 1.29 is 9.21 Å². The molecule has 0 saturated heterocycles. The van der Waals surface area contributed by atoms with Gasteiger partial charge in [0.15, 0.2) is 0 Å². The first-order chi connectivity index (χ1) is 10.2. The van der Waals surface area contributed by atoms with E-state index in [1.807, 2.05) is 20.8 Å². The molecule has 2 rings (SSSR count). The van der Waals surface area contributed by atoms with Crippen LogP contribution in [0.1, 0.15) is 32.4 Å².